The lowest BCUT2D eigenvalue weighted by Gasteiger charge is -2.16. The fourth-order valence-electron chi connectivity index (χ4n) is 1.34. The van der Waals surface area contributed by atoms with E-state index in [1.54, 1.807) is 0 Å². The maximum atomic E-state index is 12.5. The zero-order chi connectivity index (χ0) is 14.1. The summed E-state index contributed by atoms with van der Waals surface area (Å²) in [6.07, 6.45) is -10.6. The molecule has 1 rings (SSSR count). The van der Waals surface area contributed by atoms with Gasteiger partial charge in [-0.3, -0.25) is 4.79 Å². The Kier molecular flexibility index (Phi) is 3.59. The van der Waals surface area contributed by atoms with Crippen LogP contribution in [0.25, 0.3) is 0 Å². The second-order valence-corrected chi connectivity index (χ2v) is 3.25. The highest BCUT2D eigenvalue weighted by atomic mass is 19.4. The molecule has 8 heteroatoms. The van der Waals surface area contributed by atoms with Crippen molar-refractivity contribution < 1.29 is 35.9 Å². The SMILES string of the molecule is COc1cc(C(F)(F)F)c(C=O)c(C(F)(F)F)c1. The molecule has 0 fully saturated rings. The van der Waals surface area contributed by atoms with E-state index in [2.05, 4.69) is 4.74 Å². The molecule has 0 aliphatic carbocycles. The number of alkyl halides is 6. The molecule has 0 bridgehead atoms. The molecule has 0 aliphatic rings. The normalized spacial score (nSPS) is 12.4. The first-order valence-corrected chi connectivity index (χ1v) is 4.43. The number of benzene rings is 1. The molecular formula is C10H6F6O2. The summed E-state index contributed by atoms with van der Waals surface area (Å²) in [5.74, 6) is -0.625. The number of rotatable bonds is 2. The maximum Gasteiger partial charge on any atom is 0.417 e. The number of hydrogen-bond acceptors (Lipinski definition) is 2. The van der Waals surface area contributed by atoms with E-state index in [1.807, 2.05) is 0 Å². The molecule has 0 heterocycles. The minimum absolute atomic E-state index is 0.346. The van der Waals surface area contributed by atoms with E-state index >= 15 is 0 Å². The first-order valence-electron chi connectivity index (χ1n) is 4.43. The van der Waals surface area contributed by atoms with Crippen LogP contribution in [0.2, 0.25) is 0 Å². The molecule has 2 nitrogen and oxygen atoms in total. The molecule has 0 radical (unpaired) electrons. The lowest BCUT2D eigenvalue weighted by atomic mass is 10.0. The minimum atomic E-state index is -5.08. The van der Waals surface area contributed by atoms with Crippen molar-refractivity contribution in [1.82, 2.24) is 0 Å². The van der Waals surface area contributed by atoms with Crippen LogP contribution < -0.4 is 4.74 Å². The number of carbonyl (C=O) groups is 1. The summed E-state index contributed by atoms with van der Waals surface area (Å²) in [7, 11) is 0.927. The molecular weight excluding hydrogens is 266 g/mol. The van der Waals surface area contributed by atoms with Gasteiger partial charge in [-0.05, 0) is 12.1 Å². The van der Waals surface area contributed by atoms with Gasteiger partial charge in [0.25, 0.3) is 0 Å². The second kappa shape index (κ2) is 4.51. The topological polar surface area (TPSA) is 26.3 Å². The molecule has 0 spiro atoms. The second-order valence-electron chi connectivity index (χ2n) is 3.25. The summed E-state index contributed by atoms with van der Waals surface area (Å²) >= 11 is 0. The van der Waals surface area contributed by atoms with Crippen LogP contribution in [-0.2, 0) is 12.4 Å². The van der Waals surface area contributed by atoms with Gasteiger partial charge in [0, 0.05) is 5.56 Å². The van der Waals surface area contributed by atoms with Crippen LogP contribution in [0.3, 0.4) is 0 Å². The van der Waals surface area contributed by atoms with Crippen LogP contribution in [0.5, 0.6) is 5.75 Å². The Hall–Kier alpha value is -1.73. The smallest absolute Gasteiger partial charge is 0.417 e. The average molecular weight is 272 g/mol. The van der Waals surface area contributed by atoms with Crippen LogP contribution >= 0.6 is 0 Å². The van der Waals surface area contributed by atoms with Crippen molar-refractivity contribution in [3.8, 4) is 5.75 Å². The largest absolute Gasteiger partial charge is 0.497 e. The molecule has 0 aliphatic heterocycles. The van der Waals surface area contributed by atoms with Crippen molar-refractivity contribution in [3.63, 3.8) is 0 Å². The number of methoxy groups -OCH3 is 1. The predicted molar refractivity (Wildman–Crippen MR) is 48.4 cm³/mol. The molecule has 1 aromatic carbocycles. The van der Waals surface area contributed by atoms with Gasteiger partial charge in [0.2, 0.25) is 0 Å². The van der Waals surface area contributed by atoms with Gasteiger partial charge in [-0.25, -0.2) is 0 Å². The Labute approximate surface area is 97.2 Å². The number of halogens is 6. The third-order valence-corrected chi connectivity index (χ3v) is 2.12. The third kappa shape index (κ3) is 2.74. The molecule has 18 heavy (non-hydrogen) atoms. The van der Waals surface area contributed by atoms with Gasteiger partial charge < -0.3 is 4.74 Å². The summed E-state index contributed by atoms with van der Waals surface area (Å²) in [5.41, 5.74) is -4.80. The van der Waals surface area contributed by atoms with Crippen molar-refractivity contribution in [2.24, 2.45) is 0 Å². The monoisotopic (exact) mass is 272 g/mol. The van der Waals surface area contributed by atoms with E-state index in [1.165, 1.54) is 0 Å². The van der Waals surface area contributed by atoms with E-state index in [4.69, 9.17) is 0 Å². The van der Waals surface area contributed by atoms with Crippen molar-refractivity contribution in [2.45, 2.75) is 12.4 Å². The Balaban J connectivity index is 3.66. The number of carbonyl (C=O) groups excluding carboxylic acids is 1. The first kappa shape index (κ1) is 14.3. The Morgan fingerprint density at radius 3 is 1.61 bits per heavy atom. The molecule has 0 N–H and O–H groups in total. The summed E-state index contributed by atoms with van der Waals surface area (Å²) in [4.78, 5) is 10.5. The van der Waals surface area contributed by atoms with Crippen LogP contribution in [0, 0.1) is 0 Å². The van der Waals surface area contributed by atoms with Crippen molar-refractivity contribution in [3.05, 3.63) is 28.8 Å². The van der Waals surface area contributed by atoms with E-state index in [0.29, 0.717) is 12.1 Å². The molecule has 0 saturated heterocycles. The average Bonchev–Trinajstić information content (AvgIpc) is 2.24. The van der Waals surface area contributed by atoms with E-state index in [0.717, 1.165) is 7.11 Å². The predicted octanol–water partition coefficient (Wildman–Crippen LogP) is 3.55. The fourth-order valence-corrected chi connectivity index (χ4v) is 1.34. The third-order valence-electron chi connectivity index (χ3n) is 2.12. The number of hydrogen-bond donors (Lipinski definition) is 0. The highest BCUT2D eigenvalue weighted by Gasteiger charge is 2.41. The number of ether oxygens (including phenoxy) is 1. The molecule has 100 valence electrons. The highest BCUT2D eigenvalue weighted by Crippen LogP contribution is 2.41. The van der Waals surface area contributed by atoms with Gasteiger partial charge in [0.05, 0.1) is 18.2 Å². The molecule has 0 amide bonds. The Morgan fingerprint density at radius 1 is 1.00 bits per heavy atom. The van der Waals surface area contributed by atoms with Crippen LogP contribution in [-0.4, -0.2) is 13.4 Å². The first-order chi connectivity index (χ1) is 8.11. The van der Waals surface area contributed by atoms with Gasteiger partial charge in [-0.2, -0.15) is 26.3 Å². The fraction of sp³-hybridized carbons (Fsp3) is 0.300. The number of aldehydes is 1. The minimum Gasteiger partial charge on any atom is -0.497 e. The standard InChI is InChI=1S/C10H6F6O2/c1-18-5-2-7(9(11,12)13)6(4-17)8(3-5)10(14,15)16/h2-4H,1H3. The van der Waals surface area contributed by atoms with Gasteiger partial charge in [-0.15, -0.1) is 0 Å². The van der Waals surface area contributed by atoms with Crippen LogP contribution in [0.15, 0.2) is 12.1 Å². The highest BCUT2D eigenvalue weighted by molar-refractivity contribution is 5.81. The van der Waals surface area contributed by atoms with Crippen LogP contribution in [0.4, 0.5) is 26.3 Å². The summed E-state index contributed by atoms with van der Waals surface area (Å²) in [5, 5.41) is 0. The lowest BCUT2D eigenvalue weighted by molar-refractivity contribution is -0.143. The van der Waals surface area contributed by atoms with E-state index < -0.39 is 41.1 Å². The Morgan fingerprint density at radius 2 is 1.39 bits per heavy atom. The summed E-state index contributed by atoms with van der Waals surface area (Å²) in [6, 6.07) is 0.692. The molecule has 0 unspecified atom stereocenters. The van der Waals surface area contributed by atoms with Crippen molar-refractivity contribution in [1.29, 1.82) is 0 Å². The van der Waals surface area contributed by atoms with Gasteiger partial charge >= 0.3 is 12.4 Å². The Bertz CT molecular complexity index is 425. The molecule has 0 atom stereocenters. The quantitative estimate of drug-likeness (QED) is 0.608. The van der Waals surface area contributed by atoms with Crippen molar-refractivity contribution in [2.75, 3.05) is 7.11 Å². The zero-order valence-electron chi connectivity index (χ0n) is 8.82. The van der Waals surface area contributed by atoms with E-state index in [9.17, 15) is 31.1 Å². The molecule has 1 aromatic rings. The van der Waals surface area contributed by atoms with E-state index in [-0.39, 0.29) is 0 Å². The molecule has 0 aromatic heterocycles. The van der Waals surface area contributed by atoms with Gasteiger partial charge in [0.1, 0.15) is 5.75 Å². The zero-order valence-corrected chi connectivity index (χ0v) is 8.82. The maximum absolute atomic E-state index is 12.5. The summed E-state index contributed by atoms with van der Waals surface area (Å²) < 4.78 is 79.6. The van der Waals surface area contributed by atoms with Gasteiger partial charge in [-0.1, -0.05) is 0 Å². The molecule has 0 saturated carbocycles. The lowest BCUT2D eigenvalue weighted by Crippen LogP contribution is -2.16. The summed E-state index contributed by atoms with van der Waals surface area (Å²) in [6.45, 7) is 0. The van der Waals surface area contributed by atoms with Crippen molar-refractivity contribution >= 4 is 6.29 Å². The van der Waals surface area contributed by atoms with Crippen LogP contribution in [0.1, 0.15) is 21.5 Å². The van der Waals surface area contributed by atoms with Gasteiger partial charge in [0.15, 0.2) is 6.29 Å².